The highest BCUT2D eigenvalue weighted by molar-refractivity contribution is 5.41. The minimum atomic E-state index is -0.436. The summed E-state index contributed by atoms with van der Waals surface area (Å²) in [5.74, 6) is 0. The summed E-state index contributed by atoms with van der Waals surface area (Å²) in [6, 6.07) is 16.5. The number of aliphatic hydroxyl groups excluding tert-OH is 1. The molecule has 0 aromatic heterocycles. The molecule has 0 spiro atoms. The molecule has 2 aromatic rings. The molecule has 0 aliphatic carbocycles. The fourth-order valence-electron chi connectivity index (χ4n) is 5.61. The summed E-state index contributed by atoms with van der Waals surface area (Å²) in [7, 11) is 0. The molecule has 6 nitrogen and oxygen atoms in total. The predicted octanol–water partition coefficient (Wildman–Crippen LogP) is 3.87. The molecule has 0 amide bonds. The van der Waals surface area contributed by atoms with E-state index in [0.29, 0.717) is 6.04 Å². The van der Waals surface area contributed by atoms with Crippen molar-refractivity contribution in [2.24, 2.45) is 0 Å². The van der Waals surface area contributed by atoms with E-state index in [1.807, 2.05) is 36.4 Å². The molecule has 33 heavy (non-hydrogen) atoms. The van der Waals surface area contributed by atoms with Crippen molar-refractivity contribution in [2.75, 3.05) is 38.5 Å². The molecule has 3 fully saturated rings. The van der Waals surface area contributed by atoms with Gasteiger partial charge < -0.3 is 25.2 Å². The van der Waals surface area contributed by atoms with E-state index in [4.69, 9.17) is 15.2 Å². The molecule has 0 radical (unpaired) electrons. The zero-order valence-electron chi connectivity index (χ0n) is 19.4. The molecule has 0 bridgehead atoms. The van der Waals surface area contributed by atoms with Crippen LogP contribution in [0.5, 0.6) is 0 Å². The predicted molar refractivity (Wildman–Crippen MR) is 130 cm³/mol. The van der Waals surface area contributed by atoms with E-state index < -0.39 is 6.29 Å². The number of benzene rings is 2. The van der Waals surface area contributed by atoms with E-state index in [1.54, 1.807) is 0 Å². The van der Waals surface area contributed by atoms with Crippen molar-refractivity contribution in [3.8, 4) is 0 Å². The zero-order valence-corrected chi connectivity index (χ0v) is 19.4. The van der Waals surface area contributed by atoms with Crippen LogP contribution in [0.3, 0.4) is 0 Å². The molecule has 2 aromatic carbocycles. The standard InChI is InChI=1S/C27H37N3O3/c28-23-6-3-5-22(15-23)27-32-25(16-26(33-27)21-10-8-20(19-31)9-11-21)18-30-14-4-7-24(30)17-29-12-1-2-13-29/h3,5-6,8-11,15,24-27,31H,1-2,4,7,12-14,16-19,28H2. The van der Waals surface area contributed by atoms with Gasteiger partial charge in [0.25, 0.3) is 0 Å². The molecule has 3 N–H and O–H groups in total. The van der Waals surface area contributed by atoms with Gasteiger partial charge in [-0.1, -0.05) is 36.4 Å². The van der Waals surface area contributed by atoms with E-state index >= 15 is 0 Å². The van der Waals surface area contributed by atoms with Gasteiger partial charge in [-0.3, -0.25) is 4.90 Å². The maximum atomic E-state index is 9.41. The monoisotopic (exact) mass is 451 g/mol. The maximum Gasteiger partial charge on any atom is 0.185 e. The van der Waals surface area contributed by atoms with E-state index in [2.05, 4.69) is 21.9 Å². The maximum absolute atomic E-state index is 9.41. The Hall–Kier alpha value is -1.96. The summed E-state index contributed by atoms with van der Waals surface area (Å²) >= 11 is 0. The SMILES string of the molecule is Nc1cccc(C2OC(CN3CCCC3CN3CCCC3)CC(c3ccc(CO)cc3)O2)c1. The molecule has 178 valence electrons. The van der Waals surface area contributed by atoms with Gasteiger partial charge in [0.2, 0.25) is 0 Å². The largest absolute Gasteiger partial charge is 0.399 e. The Morgan fingerprint density at radius 3 is 2.48 bits per heavy atom. The summed E-state index contributed by atoms with van der Waals surface area (Å²) in [6.45, 7) is 5.83. The second kappa shape index (κ2) is 10.5. The summed E-state index contributed by atoms with van der Waals surface area (Å²) in [5.41, 5.74) is 9.78. The lowest BCUT2D eigenvalue weighted by molar-refractivity contribution is -0.253. The van der Waals surface area contributed by atoms with E-state index in [0.717, 1.165) is 41.9 Å². The van der Waals surface area contributed by atoms with Crippen LogP contribution in [-0.4, -0.2) is 59.8 Å². The number of aliphatic hydroxyl groups is 1. The number of hydrogen-bond donors (Lipinski definition) is 2. The van der Waals surface area contributed by atoms with Crippen molar-refractivity contribution < 1.29 is 14.6 Å². The van der Waals surface area contributed by atoms with Crippen LogP contribution in [0.2, 0.25) is 0 Å². The van der Waals surface area contributed by atoms with E-state index in [1.165, 1.54) is 45.3 Å². The second-order valence-electron chi connectivity index (χ2n) is 9.82. The molecule has 5 rings (SSSR count). The Bertz CT molecular complexity index is 900. The zero-order chi connectivity index (χ0) is 22.6. The Labute approximate surface area is 197 Å². The average Bonchev–Trinajstić information content (AvgIpc) is 3.52. The van der Waals surface area contributed by atoms with Crippen molar-refractivity contribution in [2.45, 2.75) is 63.3 Å². The van der Waals surface area contributed by atoms with Gasteiger partial charge in [0.15, 0.2) is 6.29 Å². The molecule has 4 unspecified atom stereocenters. The average molecular weight is 452 g/mol. The number of hydrogen-bond acceptors (Lipinski definition) is 6. The van der Waals surface area contributed by atoms with Crippen molar-refractivity contribution in [3.05, 3.63) is 65.2 Å². The Morgan fingerprint density at radius 2 is 1.73 bits per heavy atom. The van der Waals surface area contributed by atoms with Crippen LogP contribution in [0.1, 0.15) is 61.2 Å². The van der Waals surface area contributed by atoms with Crippen molar-refractivity contribution in [1.82, 2.24) is 9.80 Å². The summed E-state index contributed by atoms with van der Waals surface area (Å²) < 4.78 is 13.0. The van der Waals surface area contributed by atoms with Crippen LogP contribution in [0.15, 0.2) is 48.5 Å². The molecule has 3 saturated heterocycles. The van der Waals surface area contributed by atoms with Crippen LogP contribution >= 0.6 is 0 Å². The normalized spacial score (nSPS) is 29.0. The van der Waals surface area contributed by atoms with Crippen molar-refractivity contribution in [1.29, 1.82) is 0 Å². The Balaban J connectivity index is 1.32. The highest BCUT2D eigenvalue weighted by Crippen LogP contribution is 2.39. The smallest absolute Gasteiger partial charge is 0.185 e. The number of ether oxygens (including phenoxy) is 2. The van der Waals surface area contributed by atoms with Gasteiger partial charge in [-0.2, -0.15) is 0 Å². The fourth-order valence-corrected chi connectivity index (χ4v) is 5.61. The first-order chi connectivity index (χ1) is 16.2. The lowest BCUT2D eigenvalue weighted by Crippen LogP contribution is -2.45. The van der Waals surface area contributed by atoms with Crippen molar-refractivity contribution in [3.63, 3.8) is 0 Å². The van der Waals surface area contributed by atoms with Gasteiger partial charge >= 0.3 is 0 Å². The highest BCUT2D eigenvalue weighted by atomic mass is 16.7. The van der Waals surface area contributed by atoms with Gasteiger partial charge in [0.1, 0.15) is 0 Å². The summed E-state index contributed by atoms with van der Waals surface area (Å²) in [4.78, 5) is 5.28. The summed E-state index contributed by atoms with van der Waals surface area (Å²) in [5, 5.41) is 9.41. The number of nitrogens with zero attached hydrogens (tertiary/aromatic N) is 2. The van der Waals surface area contributed by atoms with Gasteiger partial charge in [0.05, 0.1) is 18.8 Å². The minimum absolute atomic E-state index is 0.0524. The fraction of sp³-hybridized carbons (Fsp3) is 0.556. The number of nitrogen functional groups attached to an aromatic ring is 1. The topological polar surface area (TPSA) is 71.2 Å². The summed E-state index contributed by atoms with van der Waals surface area (Å²) in [6.07, 6.45) is 5.66. The molecule has 3 heterocycles. The first-order valence-electron chi connectivity index (χ1n) is 12.5. The third kappa shape index (κ3) is 5.58. The number of anilines is 1. The third-order valence-electron chi connectivity index (χ3n) is 7.40. The molecule has 0 saturated carbocycles. The number of likely N-dealkylation sites (tertiary alicyclic amines) is 2. The van der Waals surface area contributed by atoms with Crippen LogP contribution in [-0.2, 0) is 16.1 Å². The van der Waals surface area contributed by atoms with Crippen LogP contribution < -0.4 is 5.73 Å². The quantitative estimate of drug-likeness (QED) is 0.623. The lowest BCUT2D eigenvalue weighted by Gasteiger charge is -2.39. The number of rotatable bonds is 7. The third-order valence-corrected chi connectivity index (χ3v) is 7.40. The molecular formula is C27H37N3O3. The van der Waals surface area contributed by atoms with Crippen molar-refractivity contribution >= 4 is 5.69 Å². The first kappa shape index (κ1) is 22.8. The molecular weight excluding hydrogens is 414 g/mol. The second-order valence-corrected chi connectivity index (χ2v) is 9.82. The lowest BCUT2D eigenvalue weighted by atomic mass is 9.99. The number of nitrogens with two attached hydrogens (primary N) is 1. The van der Waals surface area contributed by atoms with Gasteiger partial charge in [-0.25, -0.2) is 0 Å². The van der Waals surface area contributed by atoms with Gasteiger partial charge in [-0.15, -0.1) is 0 Å². The molecule has 4 atom stereocenters. The van der Waals surface area contributed by atoms with E-state index in [-0.39, 0.29) is 18.8 Å². The van der Waals surface area contributed by atoms with E-state index in [9.17, 15) is 5.11 Å². The van der Waals surface area contributed by atoms with Crippen LogP contribution in [0.25, 0.3) is 0 Å². The minimum Gasteiger partial charge on any atom is -0.399 e. The van der Waals surface area contributed by atoms with Gasteiger partial charge in [-0.05, 0) is 68.6 Å². The highest BCUT2D eigenvalue weighted by Gasteiger charge is 2.36. The Kier molecular flexibility index (Phi) is 7.28. The van der Waals surface area contributed by atoms with Crippen LogP contribution in [0, 0.1) is 0 Å². The Morgan fingerprint density at radius 1 is 0.909 bits per heavy atom. The molecule has 3 aliphatic rings. The van der Waals surface area contributed by atoms with Crippen LogP contribution in [0.4, 0.5) is 5.69 Å². The van der Waals surface area contributed by atoms with Gasteiger partial charge in [0, 0.05) is 36.8 Å². The molecule has 6 heteroatoms. The molecule has 3 aliphatic heterocycles. The first-order valence-corrected chi connectivity index (χ1v) is 12.5.